The van der Waals surface area contributed by atoms with Crippen molar-refractivity contribution in [2.24, 2.45) is 5.73 Å². The largest absolute Gasteiger partial charge is 0.504 e. The van der Waals surface area contributed by atoms with Gasteiger partial charge in [0.15, 0.2) is 11.5 Å². The summed E-state index contributed by atoms with van der Waals surface area (Å²) in [6.07, 6.45) is 1.10. The Labute approximate surface area is 129 Å². The van der Waals surface area contributed by atoms with Crippen LogP contribution in [0.1, 0.15) is 16.8 Å². The fourth-order valence-electron chi connectivity index (χ4n) is 1.95. The highest BCUT2D eigenvalue weighted by Gasteiger charge is 2.17. The summed E-state index contributed by atoms with van der Waals surface area (Å²) in [6, 6.07) is 7.98. The molecule has 0 fully saturated rings. The molecule has 0 aliphatic rings. The number of carbonyl (C=O) groups is 1. The Hall–Kier alpha value is -2.31. The fourth-order valence-corrected chi connectivity index (χ4v) is 1.95. The molecular weight excluding hydrogens is 284 g/mol. The van der Waals surface area contributed by atoms with E-state index in [0.29, 0.717) is 10.8 Å². The van der Waals surface area contributed by atoms with Gasteiger partial charge in [0, 0.05) is 5.39 Å². The molecular formula is C16H22N2O4. The molecule has 0 aliphatic heterocycles. The first-order valence-corrected chi connectivity index (χ1v) is 6.90. The Bertz CT molecular complexity index is 641. The lowest BCUT2D eigenvalue weighted by Crippen LogP contribution is -2.16. The number of rotatable bonds is 4. The monoisotopic (exact) mass is 306 g/mol. The highest BCUT2D eigenvalue weighted by atomic mass is 16.4. The Kier molecular flexibility index (Phi) is 6.62. The molecule has 0 atom stereocenters. The highest BCUT2D eigenvalue weighted by molar-refractivity contribution is 6.07. The van der Waals surface area contributed by atoms with Crippen molar-refractivity contribution < 1.29 is 20.1 Å². The van der Waals surface area contributed by atoms with E-state index in [1.807, 2.05) is 0 Å². The second-order valence-electron chi connectivity index (χ2n) is 5.09. The lowest BCUT2D eigenvalue weighted by molar-refractivity contribution is 0.0695. The van der Waals surface area contributed by atoms with Crippen molar-refractivity contribution in [3.8, 4) is 11.5 Å². The zero-order valence-electron chi connectivity index (χ0n) is 12.8. The second kappa shape index (κ2) is 8.21. The smallest absolute Gasteiger partial charge is 0.340 e. The molecule has 5 N–H and O–H groups in total. The third kappa shape index (κ3) is 4.61. The SMILES string of the molecule is CN(C)CCCN.O=C(O)c1c(O)c(O)cc2ccccc12. The molecule has 2 rings (SSSR count). The van der Waals surface area contributed by atoms with Gasteiger partial charge in [0.05, 0.1) is 0 Å². The second-order valence-corrected chi connectivity index (χ2v) is 5.09. The summed E-state index contributed by atoms with van der Waals surface area (Å²) < 4.78 is 0. The number of nitrogens with two attached hydrogens (primary N) is 1. The van der Waals surface area contributed by atoms with Gasteiger partial charge in [-0.25, -0.2) is 4.79 Å². The first-order chi connectivity index (χ1) is 10.4. The van der Waals surface area contributed by atoms with Crippen molar-refractivity contribution in [1.82, 2.24) is 4.90 Å². The molecule has 0 aromatic heterocycles. The number of hydrogen-bond donors (Lipinski definition) is 4. The maximum atomic E-state index is 10.9. The molecule has 0 amide bonds. The van der Waals surface area contributed by atoms with Crippen molar-refractivity contribution in [1.29, 1.82) is 0 Å². The molecule has 2 aromatic carbocycles. The van der Waals surface area contributed by atoms with Crippen LogP contribution in [0.2, 0.25) is 0 Å². The number of nitrogens with zero attached hydrogens (tertiary/aromatic N) is 1. The predicted molar refractivity (Wildman–Crippen MR) is 86.5 cm³/mol. The molecule has 0 aliphatic carbocycles. The molecule has 0 radical (unpaired) electrons. The first-order valence-electron chi connectivity index (χ1n) is 6.90. The van der Waals surface area contributed by atoms with Gasteiger partial charge >= 0.3 is 5.97 Å². The molecule has 0 heterocycles. The van der Waals surface area contributed by atoms with Crippen LogP contribution in [0.3, 0.4) is 0 Å². The number of aromatic hydroxyl groups is 2. The van der Waals surface area contributed by atoms with Crippen molar-refractivity contribution in [2.45, 2.75) is 6.42 Å². The van der Waals surface area contributed by atoms with Gasteiger partial charge < -0.3 is 26.0 Å². The van der Waals surface area contributed by atoms with Crippen LogP contribution < -0.4 is 5.73 Å². The lowest BCUT2D eigenvalue weighted by Gasteiger charge is -2.06. The third-order valence-electron chi connectivity index (χ3n) is 3.03. The molecule has 22 heavy (non-hydrogen) atoms. The maximum absolute atomic E-state index is 10.9. The van der Waals surface area contributed by atoms with Crippen LogP contribution in [0.15, 0.2) is 30.3 Å². The summed E-state index contributed by atoms with van der Waals surface area (Å²) in [6.45, 7) is 1.91. The van der Waals surface area contributed by atoms with Gasteiger partial charge in [0.25, 0.3) is 0 Å². The first kappa shape index (κ1) is 17.7. The Morgan fingerprint density at radius 2 is 1.86 bits per heavy atom. The predicted octanol–water partition coefficient (Wildman–Crippen LogP) is 1.85. The van der Waals surface area contributed by atoms with Crippen molar-refractivity contribution in [3.63, 3.8) is 0 Å². The minimum absolute atomic E-state index is 0.273. The number of benzene rings is 2. The topological polar surface area (TPSA) is 107 Å². The number of carboxylic acids is 1. The van der Waals surface area contributed by atoms with Crippen LogP contribution in [0.4, 0.5) is 0 Å². The summed E-state index contributed by atoms with van der Waals surface area (Å²) in [5, 5.41) is 28.7. The molecule has 0 unspecified atom stereocenters. The van der Waals surface area contributed by atoms with Crippen LogP contribution in [-0.4, -0.2) is 53.4 Å². The van der Waals surface area contributed by atoms with E-state index in [1.165, 1.54) is 6.07 Å². The summed E-state index contributed by atoms with van der Waals surface area (Å²) in [4.78, 5) is 13.0. The van der Waals surface area contributed by atoms with Gasteiger partial charge in [0.2, 0.25) is 0 Å². The van der Waals surface area contributed by atoms with Crippen molar-refractivity contribution in [2.75, 3.05) is 27.2 Å². The minimum Gasteiger partial charge on any atom is -0.504 e. The molecule has 6 heteroatoms. The molecule has 0 saturated carbocycles. The van der Waals surface area contributed by atoms with Gasteiger partial charge in [-0.15, -0.1) is 0 Å². The minimum atomic E-state index is -1.26. The average Bonchev–Trinajstić information content (AvgIpc) is 2.46. The zero-order chi connectivity index (χ0) is 16.7. The number of phenols is 2. The quantitative estimate of drug-likeness (QED) is 0.642. The number of fused-ring (bicyclic) bond motifs is 1. The van der Waals surface area contributed by atoms with Gasteiger partial charge in [-0.1, -0.05) is 24.3 Å². The fraction of sp³-hybridized carbons (Fsp3) is 0.312. The standard InChI is InChI=1S/C11H8O4.C5H14N2/c12-8-5-6-3-1-2-4-7(6)9(10(8)13)11(14)15;1-7(2)5-3-4-6/h1-5,12-13H,(H,14,15);3-6H2,1-2H3. The Balaban J connectivity index is 0.000000295. The Morgan fingerprint density at radius 3 is 2.36 bits per heavy atom. The maximum Gasteiger partial charge on any atom is 0.340 e. The van der Waals surface area contributed by atoms with E-state index >= 15 is 0 Å². The normalized spacial score (nSPS) is 10.4. The molecule has 0 spiro atoms. The zero-order valence-corrected chi connectivity index (χ0v) is 12.8. The van der Waals surface area contributed by atoms with E-state index in [0.717, 1.165) is 19.5 Å². The summed E-state index contributed by atoms with van der Waals surface area (Å²) >= 11 is 0. The van der Waals surface area contributed by atoms with Gasteiger partial charge in [-0.05, 0) is 45.1 Å². The highest BCUT2D eigenvalue weighted by Crippen LogP contribution is 2.35. The summed E-state index contributed by atoms with van der Waals surface area (Å²) in [5.41, 5.74) is 4.98. The van der Waals surface area contributed by atoms with Crippen LogP contribution in [0.25, 0.3) is 10.8 Å². The van der Waals surface area contributed by atoms with E-state index in [1.54, 1.807) is 24.3 Å². The van der Waals surface area contributed by atoms with Crippen LogP contribution in [0.5, 0.6) is 11.5 Å². The van der Waals surface area contributed by atoms with E-state index in [2.05, 4.69) is 19.0 Å². The number of carboxylic acid groups (broad SMARTS) is 1. The van der Waals surface area contributed by atoms with E-state index in [9.17, 15) is 15.0 Å². The number of phenolic OH excluding ortho intramolecular Hbond substituents is 1. The van der Waals surface area contributed by atoms with Gasteiger partial charge in [-0.2, -0.15) is 0 Å². The molecule has 0 saturated heterocycles. The van der Waals surface area contributed by atoms with Gasteiger partial charge in [-0.3, -0.25) is 0 Å². The molecule has 2 aromatic rings. The van der Waals surface area contributed by atoms with Crippen LogP contribution >= 0.6 is 0 Å². The van der Waals surface area contributed by atoms with E-state index in [-0.39, 0.29) is 5.56 Å². The van der Waals surface area contributed by atoms with Crippen molar-refractivity contribution in [3.05, 3.63) is 35.9 Å². The number of hydrogen-bond acceptors (Lipinski definition) is 5. The van der Waals surface area contributed by atoms with Crippen molar-refractivity contribution >= 4 is 16.7 Å². The van der Waals surface area contributed by atoms with Gasteiger partial charge in [0.1, 0.15) is 5.56 Å². The summed E-state index contributed by atoms with van der Waals surface area (Å²) in [7, 11) is 4.10. The van der Waals surface area contributed by atoms with Crippen LogP contribution in [-0.2, 0) is 0 Å². The number of aromatic carboxylic acids is 1. The summed E-state index contributed by atoms with van der Waals surface area (Å²) in [5.74, 6) is -2.29. The van der Waals surface area contributed by atoms with E-state index in [4.69, 9.17) is 10.8 Å². The lowest BCUT2D eigenvalue weighted by atomic mass is 10.0. The average molecular weight is 306 g/mol. The van der Waals surface area contributed by atoms with Crippen LogP contribution in [0, 0.1) is 0 Å². The molecule has 0 bridgehead atoms. The molecule has 120 valence electrons. The van der Waals surface area contributed by atoms with E-state index < -0.39 is 17.5 Å². The molecule has 6 nitrogen and oxygen atoms in total. The Morgan fingerprint density at radius 1 is 1.23 bits per heavy atom. The third-order valence-corrected chi connectivity index (χ3v) is 3.03.